The van der Waals surface area contributed by atoms with Crippen LogP contribution in [0.25, 0.3) is 0 Å². The highest BCUT2D eigenvalue weighted by Gasteiger charge is 2.10. The van der Waals surface area contributed by atoms with Crippen LogP contribution < -0.4 is 5.32 Å². The Balaban J connectivity index is 2.56. The highest BCUT2D eigenvalue weighted by atomic mass is 15.3. The van der Waals surface area contributed by atoms with Crippen LogP contribution in [-0.4, -0.2) is 27.4 Å². The molecule has 1 N–H and O–H groups in total. The number of nitriles is 1. The molecule has 0 fully saturated rings. The van der Waals surface area contributed by atoms with Gasteiger partial charge in [-0.15, -0.1) is 0 Å². The van der Waals surface area contributed by atoms with Crippen LogP contribution in [0, 0.1) is 11.3 Å². The summed E-state index contributed by atoms with van der Waals surface area (Å²) < 4.78 is 1.94. The van der Waals surface area contributed by atoms with Crippen LogP contribution in [0.4, 0.5) is 0 Å². The highest BCUT2D eigenvalue weighted by molar-refractivity contribution is 4.94. The van der Waals surface area contributed by atoms with Gasteiger partial charge in [0.25, 0.3) is 0 Å². The molecule has 0 radical (unpaired) electrons. The minimum absolute atomic E-state index is 0.0936. The maximum absolute atomic E-state index is 9.05. The van der Waals surface area contributed by atoms with Gasteiger partial charge in [-0.25, -0.2) is 9.67 Å². The molecule has 1 atom stereocenters. The number of aryl methyl sites for hydroxylation is 3. The predicted octanol–water partition coefficient (Wildman–Crippen LogP) is 1.68. The minimum atomic E-state index is -0.0936. The van der Waals surface area contributed by atoms with Gasteiger partial charge in [0.1, 0.15) is 5.82 Å². The van der Waals surface area contributed by atoms with Gasteiger partial charge in [0.2, 0.25) is 0 Å². The molecular formula is C13H23N5. The van der Waals surface area contributed by atoms with Crippen molar-refractivity contribution in [3.05, 3.63) is 11.6 Å². The van der Waals surface area contributed by atoms with Crippen molar-refractivity contribution < 1.29 is 0 Å². The summed E-state index contributed by atoms with van der Waals surface area (Å²) in [5.41, 5.74) is 0. The Bertz CT molecular complexity index is 391. The topological polar surface area (TPSA) is 66.5 Å². The molecule has 100 valence electrons. The molecule has 0 aliphatic carbocycles. The van der Waals surface area contributed by atoms with E-state index < -0.39 is 0 Å². The second kappa shape index (κ2) is 7.83. The number of hydrogen-bond acceptors (Lipinski definition) is 4. The summed E-state index contributed by atoms with van der Waals surface area (Å²) in [6.07, 6.45) is 3.56. The predicted molar refractivity (Wildman–Crippen MR) is 71.1 cm³/mol. The molecule has 0 aromatic carbocycles. The van der Waals surface area contributed by atoms with Crippen molar-refractivity contribution in [1.82, 2.24) is 20.1 Å². The number of aromatic nitrogens is 3. The molecule has 1 aromatic heterocycles. The highest BCUT2D eigenvalue weighted by Crippen LogP contribution is 2.03. The summed E-state index contributed by atoms with van der Waals surface area (Å²) in [6, 6.07) is 2.20. The first-order chi connectivity index (χ1) is 8.74. The smallest absolute Gasteiger partial charge is 0.150 e. The molecule has 0 amide bonds. The van der Waals surface area contributed by atoms with Crippen molar-refractivity contribution in [2.75, 3.05) is 6.54 Å². The summed E-state index contributed by atoms with van der Waals surface area (Å²) >= 11 is 0. The lowest BCUT2D eigenvalue weighted by Gasteiger charge is -2.11. The molecule has 5 heteroatoms. The first kappa shape index (κ1) is 14.7. The monoisotopic (exact) mass is 249 g/mol. The molecule has 1 unspecified atom stereocenters. The number of nitrogens with one attached hydrogen (secondary N) is 1. The minimum Gasteiger partial charge on any atom is -0.302 e. The fourth-order valence-electron chi connectivity index (χ4n) is 1.80. The molecule has 1 rings (SSSR count). The van der Waals surface area contributed by atoms with E-state index in [0.29, 0.717) is 0 Å². The second-order valence-corrected chi connectivity index (χ2v) is 4.30. The molecule has 1 aromatic rings. The zero-order valence-electron chi connectivity index (χ0n) is 11.6. The molecular weight excluding hydrogens is 226 g/mol. The zero-order chi connectivity index (χ0) is 13.4. The molecule has 0 saturated heterocycles. The number of hydrogen-bond donors (Lipinski definition) is 1. The van der Waals surface area contributed by atoms with E-state index in [-0.39, 0.29) is 6.04 Å². The van der Waals surface area contributed by atoms with Crippen LogP contribution >= 0.6 is 0 Å². The average Bonchev–Trinajstić information content (AvgIpc) is 2.81. The Morgan fingerprint density at radius 3 is 2.67 bits per heavy atom. The molecule has 0 spiro atoms. The third-order valence-corrected chi connectivity index (χ3v) is 2.85. The van der Waals surface area contributed by atoms with Crippen molar-refractivity contribution in [1.29, 1.82) is 5.26 Å². The van der Waals surface area contributed by atoms with E-state index in [9.17, 15) is 0 Å². The third-order valence-electron chi connectivity index (χ3n) is 2.85. The molecule has 18 heavy (non-hydrogen) atoms. The van der Waals surface area contributed by atoms with Crippen LogP contribution in [0.1, 0.15) is 45.3 Å². The summed E-state index contributed by atoms with van der Waals surface area (Å²) in [5.74, 6) is 1.90. The standard InChI is InChI=1S/C13H23N5/c1-4-8-15-11(10-14)7-9-18-13(6-3)16-12(5-2)17-18/h11,15H,4-9H2,1-3H3. The normalized spacial score (nSPS) is 12.3. The largest absolute Gasteiger partial charge is 0.302 e. The SMILES string of the molecule is CCCNC(C#N)CCn1nc(CC)nc1CC. The summed E-state index contributed by atoms with van der Waals surface area (Å²) in [6.45, 7) is 7.88. The van der Waals surface area contributed by atoms with Gasteiger partial charge >= 0.3 is 0 Å². The van der Waals surface area contributed by atoms with Crippen LogP contribution in [-0.2, 0) is 19.4 Å². The van der Waals surface area contributed by atoms with Gasteiger partial charge in [-0.1, -0.05) is 20.8 Å². The lowest BCUT2D eigenvalue weighted by molar-refractivity contribution is 0.480. The summed E-state index contributed by atoms with van der Waals surface area (Å²) in [4.78, 5) is 4.46. The lowest BCUT2D eigenvalue weighted by atomic mass is 10.2. The fraction of sp³-hybridized carbons (Fsp3) is 0.769. The lowest BCUT2D eigenvalue weighted by Crippen LogP contribution is -2.29. The van der Waals surface area contributed by atoms with E-state index in [0.717, 1.165) is 50.4 Å². The Kier molecular flexibility index (Phi) is 6.37. The van der Waals surface area contributed by atoms with E-state index >= 15 is 0 Å². The summed E-state index contributed by atoms with van der Waals surface area (Å²) in [7, 11) is 0. The van der Waals surface area contributed by atoms with Crippen molar-refractivity contribution in [3.8, 4) is 6.07 Å². The maximum atomic E-state index is 9.05. The van der Waals surface area contributed by atoms with Crippen molar-refractivity contribution >= 4 is 0 Å². The average molecular weight is 249 g/mol. The van der Waals surface area contributed by atoms with Crippen LogP contribution in [0.5, 0.6) is 0 Å². The van der Waals surface area contributed by atoms with Gasteiger partial charge in [-0.05, 0) is 19.4 Å². The van der Waals surface area contributed by atoms with Gasteiger partial charge < -0.3 is 5.32 Å². The Morgan fingerprint density at radius 1 is 1.33 bits per heavy atom. The summed E-state index contributed by atoms with van der Waals surface area (Å²) in [5, 5.41) is 16.7. The van der Waals surface area contributed by atoms with E-state index in [1.54, 1.807) is 0 Å². The fourth-order valence-corrected chi connectivity index (χ4v) is 1.80. The van der Waals surface area contributed by atoms with E-state index in [1.807, 2.05) is 4.68 Å². The quantitative estimate of drug-likeness (QED) is 0.761. The first-order valence-electron chi connectivity index (χ1n) is 6.80. The van der Waals surface area contributed by atoms with Crippen molar-refractivity contribution in [3.63, 3.8) is 0 Å². The van der Waals surface area contributed by atoms with E-state index in [2.05, 4.69) is 42.2 Å². The van der Waals surface area contributed by atoms with Gasteiger partial charge in [0.05, 0.1) is 12.1 Å². The maximum Gasteiger partial charge on any atom is 0.150 e. The second-order valence-electron chi connectivity index (χ2n) is 4.30. The van der Waals surface area contributed by atoms with Crippen molar-refractivity contribution in [2.45, 2.75) is 59.0 Å². The van der Waals surface area contributed by atoms with Gasteiger partial charge in [0, 0.05) is 19.4 Å². The third kappa shape index (κ3) is 4.11. The molecule has 5 nitrogen and oxygen atoms in total. The number of rotatable bonds is 8. The van der Waals surface area contributed by atoms with Crippen LogP contribution in [0.15, 0.2) is 0 Å². The van der Waals surface area contributed by atoms with Gasteiger partial charge in [-0.2, -0.15) is 10.4 Å². The first-order valence-corrected chi connectivity index (χ1v) is 6.80. The van der Waals surface area contributed by atoms with Crippen LogP contribution in [0.3, 0.4) is 0 Å². The Labute approximate surface area is 109 Å². The van der Waals surface area contributed by atoms with Crippen LogP contribution in [0.2, 0.25) is 0 Å². The number of nitrogens with zero attached hydrogens (tertiary/aromatic N) is 4. The zero-order valence-corrected chi connectivity index (χ0v) is 11.6. The molecule has 0 aliphatic heterocycles. The Morgan fingerprint density at radius 2 is 2.11 bits per heavy atom. The van der Waals surface area contributed by atoms with Gasteiger partial charge in [-0.3, -0.25) is 0 Å². The van der Waals surface area contributed by atoms with Gasteiger partial charge in [0.15, 0.2) is 5.82 Å². The van der Waals surface area contributed by atoms with E-state index in [4.69, 9.17) is 5.26 Å². The molecule has 0 saturated carbocycles. The Hall–Kier alpha value is -1.41. The molecule has 1 heterocycles. The van der Waals surface area contributed by atoms with E-state index in [1.165, 1.54) is 0 Å². The molecule has 0 aliphatic rings. The van der Waals surface area contributed by atoms with Crippen molar-refractivity contribution in [2.24, 2.45) is 0 Å². The molecule has 0 bridgehead atoms.